The summed E-state index contributed by atoms with van der Waals surface area (Å²) >= 11 is 0. The zero-order chi connectivity index (χ0) is 11.3. The molecule has 3 nitrogen and oxygen atoms in total. The molecule has 2 atom stereocenters. The van der Waals surface area contributed by atoms with Crippen molar-refractivity contribution >= 4 is 5.97 Å². The van der Waals surface area contributed by atoms with Gasteiger partial charge in [0.1, 0.15) is 0 Å². The van der Waals surface area contributed by atoms with Gasteiger partial charge in [0.25, 0.3) is 0 Å². The Balaban J connectivity index is 2.55. The Bertz CT molecular complexity index is 218. The van der Waals surface area contributed by atoms with Crippen molar-refractivity contribution in [2.24, 2.45) is 5.92 Å². The third kappa shape index (κ3) is 3.49. The molecule has 0 aliphatic heterocycles. The van der Waals surface area contributed by atoms with Crippen molar-refractivity contribution in [1.29, 1.82) is 0 Å². The van der Waals surface area contributed by atoms with Crippen LogP contribution in [0.2, 0.25) is 0 Å². The molecule has 1 aliphatic rings. The summed E-state index contributed by atoms with van der Waals surface area (Å²) in [7, 11) is 1.96. The summed E-state index contributed by atoms with van der Waals surface area (Å²) in [5, 5.41) is 3.34. The highest BCUT2D eigenvalue weighted by Gasteiger charge is 2.35. The average Bonchev–Trinajstić information content (AvgIpc) is 2.18. The van der Waals surface area contributed by atoms with Gasteiger partial charge in [0.2, 0.25) is 0 Å². The fraction of sp³-hybridized carbons (Fsp3) is 0.917. The number of carbonyl (C=O) groups excluding carboxylic acids is 1. The normalized spacial score (nSPS) is 31.3. The molecule has 0 heterocycles. The molecule has 2 unspecified atom stereocenters. The molecule has 3 heteroatoms. The quantitative estimate of drug-likeness (QED) is 0.727. The van der Waals surface area contributed by atoms with Crippen molar-refractivity contribution in [3.8, 4) is 0 Å². The first kappa shape index (κ1) is 12.5. The van der Waals surface area contributed by atoms with Crippen molar-refractivity contribution in [2.45, 2.75) is 51.5 Å². The van der Waals surface area contributed by atoms with Crippen LogP contribution in [0.15, 0.2) is 0 Å². The first-order valence-electron chi connectivity index (χ1n) is 5.96. The van der Waals surface area contributed by atoms with Gasteiger partial charge in [0.15, 0.2) is 0 Å². The van der Waals surface area contributed by atoms with Crippen LogP contribution in [0.25, 0.3) is 0 Å². The van der Waals surface area contributed by atoms with Gasteiger partial charge >= 0.3 is 5.97 Å². The second-order valence-electron chi connectivity index (χ2n) is 4.71. The molecule has 0 aromatic carbocycles. The van der Waals surface area contributed by atoms with Crippen LogP contribution in [0.3, 0.4) is 0 Å². The highest BCUT2D eigenvalue weighted by Crippen LogP contribution is 2.34. The van der Waals surface area contributed by atoms with Crippen LogP contribution in [0.5, 0.6) is 0 Å². The molecule has 0 radical (unpaired) electrons. The van der Waals surface area contributed by atoms with Crippen molar-refractivity contribution < 1.29 is 9.53 Å². The molecule has 1 rings (SSSR count). The molecule has 1 fully saturated rings. The minimum Gasteiger partial charge on any atom is -0.466 e. The summed E-state index contributed by atoms with van der Waals surface area (Å²) < 4.78 is 5.03. The van der Waals surface area contributed by atoms with Crippen LogP contribution in [-0.4, -0.2) is 25.2 Å². The number of rotatable bonds is 4. The molecule has 0 amide bonds. The number of nitrogens with one attached hydrogen (secondary N) is 1. The molecule has 1 saturated carbocycles. The van der Waals surface area contributed by atoms with Crippen LogP contribution < -0.4 is 5.32 Å². The van der Waals surface area contributed by atoms with Gasteiger partial charge in [0, 0.05) is 5.54 Å². The maximum atomic E-state index is 11.5. The number of hydrogen-bond acceptors (Lipinski definition) is 3. The molecule has 1 N–H and O–H groups in total. The summed E-state index contributed by atoms with van der Waals surface area (Å²) in [5.41, 5.74) is -0.0100. The maximum absolute atomic E-state index is 11.5. The van der Waals surface area contributed by atoms with Crippen LogP contribution in [-0.2, 0) is 9.53 Å². The summed E-state index contributed by atoms with van der Waals surface area (Å²) in [5.74, 6) is 0.640. The number of carbonyl (C=O) groups is 1. The predicted molar refractivity (Wildman–Crippen MR) is 60.7 cm³/mol. The van der Waals surface area contributed by atoms with E-state index in [1.165, 1.54) is 12.8 Å². The maximum Gasteiger partial charge on any atom is 0.307 e. The van der Waals surface area contributed by atoms with E-state index < -0.39 is 0 Å². The van der Waals surface area contributed by atoms with Gasteiger partial charge in [-0.15, -0.1) is 0 Å². The highest BCUT2D eigenvalue weighted by molar-refractivity contribution is 5.70. The molecule has 0 aromatic rings. The Morgan fingerprint density at radius 2 is 2.33 bits per heavy atom. The fourth-order valence-electron chi connectivity index (χ4n) is 2.62. The molecule has 0 aromatic heterocycles. The van der Waals surface area contributed by atoms with Gasteiger partial charge in [-0.25, -0.2) is 0 Å². The van der Waals surface area contributed by atoms with E-state index in [4.69, 9.17) is 4.74 Å². The number of hydrogen-bond donors (Lipinski definition) is 1. The van der Waals surface area contributed by atoms with Crippen molar-refractivity contribution in [3.63, 3.8) is 0 Å². The summed E-state index contributed by atoms with van der Waals surface area (Å²) in [6, 6.07) is 0. The second kappa shape index (κ2) is 5.50. The predicted octanol–water partition coefficient (Wildman–Crippen LogP) is 2.11. The largest absolute Gasteiger partial charge is 0.466 e. The summed E-state index contributed by atoms with van der Waals surface area (Å²) in [6.45, 7) is 4.60. The van der Waals surface area contributed by atoms with Crippen LogP contribution in [0.1, 0.15) is 46.0 Å². The zero-order valence-electron chi connectivity index (χ0n) is 10.1. The lowest BCUT2D eigenvalue weighted by molar-refractivity contribution is -0.145. The van der Waals surface area contributed by atoms with Gasteiger partial charge < -0.3 is 10.1 Å². The summed E-state index contributed by atoms with van der Waals surface area (Å²) in [4.78, 5) is 11.5. The smallest absolute Gasteiger partial charge is 0.307 e. The minimum absolute atomic E-state index is 0.0100. The van der Waals surface area contributed by atoms with Crippen molar-refractivity contribution in [2.75, 3.05) is 13.7 Å². The third-order valence-electron chi connectivity index (χ3n) is 3.41. The zero-order valence-corrected chi connectivity index (χ0v) is 10.1. The van der Waals surface area contributed by atoms with E-state index in [-0.39, 0.29) is 11.5 Å². The van der Waals surface area contributed by atoms with Gasteiger partial charge in [-0.2, -0.15) is 0 Å². The molecule has 88 valence electrons. The Kier molecular flexibility index (Phi) is 4.58. The number of esters is 1. The first-order chi connectivity index (χ1) is 7.12. The second-order valence-corrected chi connectivity index (χ2v) is 4.71. The molecule has 1 aliphatic carbocycles. The lowest BCUT2D eigenvalue weighted by Gasteiger charge is -2.39. The molecule has 0 spiro atoms. The first-order valence-corrected chi connectivity index (χ1v) is 5.96. The number of ether oxygens (including phenoxy) is 1. The highest BCUT2D eigenvalue weighted by atomic mass is 16.5. The lowest BCUT2D eigenvalue weighted by Crippen LogP contribution is -2.48. The van der Waals surface area contributed by atoms with Gasteiger partial charge in [-0.05, 0) is 32.7 Å². The Morgan fingerprint density at radius 1 is 1.60 bits per heavy atom. The van der Waals surface area contributed by atoms with Crippen molar-refractivity contribution in [3.05, 3.63) is 0 Å². The minimum atomic E-state index is -0.0686. The topological polar surface area (TPSA) is 38.3 Å². The monoisotopic (exact) mass is 213 g/mol. The average molecular weight is 213 g/mol. The van der Waals surface area contributed by atoms with Crippen LogP contribution in [0.4, 0.5) is 0 Å². The van der Waals surface area contributed by atoms with E-state index in [9.17, 15) is 4.79 Å². The standard InChI is InChI=1S/C12H23NO2/c1-4-15-11(14)9-12(13-3)7-5-6-10(2)8-12/h10,13H,4-9H2,1-3H3. The lowest BCUT2D eigenvalue weighted by atomic mass is 9.74. The molecule has 0 saturated heterocycles. The SMILES string of the molecule is CCOC(=O)CC1(NC)CCCC(C)C1. The van der Waals surface area contributed by atoms with E-state index >= 15 is 0 Å². The van der Waals surface area contributed by atoms with E-state index in [0.29, 0.717) is 18.9 Å². The fourth-order valence-corrected chi connectivity index (χ4v) is 2.62. The third-order valence-corrected chi connectivity index (χ3v) is 3.41. The van der Waals surface area contributed by atoms with Gasteiger partial charge in [-0.1, -0.05) is 19.8 Å². The van der Waals surface area contributed by atoms with E-state index in [1.54, 1.807) is 0 Å². The molecular weight excluding hydrogens is 190 g/mol. The van der Waals surface area contributed by atoms with E-state index in [1.807, 2.05) is 14.0 Å². The molecule has 15 heavy (non-hydrogen) atoms. The molecule has 0 bridgehead atoms. The molecular formula is C12H23NO2. The van der Waals surface area contributed by atoms with Gasteiger partial charge in [-0.3, -0.25) is 4.79 Å². The Morgan fingerprint density at radius 3 is 2.87 bits per heavy atom. The van der Waals surface area contributed by atoms with E-state index in [2.05, 4.69) is 12.2 Å². The Labute approximate surface area is 92.6 Å². The summed E-state index contributed by atoms with van der Waals surface area (Å²) in [6.07, 6.45) is 5.18. The van der Waals surface area contributed by atoms with Crippen LogP contribution >= 0.6 is 0 Å². The van der Waals surface area contributed by atoms with E-state index in [0.717, 1.165) is 12.8 Å². The van der Waals surface area contributed by atoms with Crippen LogP contribution in [0, 0.1) is 5.92 Å². The Hall–Kier alpha value is -0.570. The van der Waals surface area contributed by atoms with Crippen molar-refractivity contribution in [1.82, 2.24) is 5.32 Å². The van der Waals surface area contributed by atoms with Gasteiger partial charge in [0.05, 0.1) is 13.0 Å².